The quantitative estimate of drug-likeness (QED) is 0.334. The van der Waals surface area contributed by atoms with Crippen LogP contribution in [0.3, 0.4) is 0 Å². The summed E-state index contributed by atoms with van der Waals surface area (Å²) in [6.07, 6.45) is 12.6. The van der Waals surface area contributed by atoms with Crippen molar-refractivity contribution in [3.8, 4) is 0 Å². The summed E-state index contributed by atoms with van der Waals surface area (Å²) >= 11 is 0. The van der Waals surface area contributed by atoms with Gasteiger partial charge in [0, 0.05) is 25.2 Å². The number of nitrogens with zero attached hydrogens (tertiary/aromatic N) is 1. The summed E-state index contributed by atoms with van der Waals surface area (Å²) in [4.78, 5) is 2.50. The normalized spacial score (nSPS) is 19.0. The standard InChI is InChI=1S/C17H34N4/c1-21(17-8-9-17)15-5-13-19-11-3-2-10-18-12-4-14-20-16-6-7-16/h2-3,16-20H,4-15H2,1H3. The number of hydrogen-bond acceptors (Lipinski definition) is 4. The van der Waals surface area contributed by atoms with E-state index in [4.69, 9.17) is 0 Å². The number of nitrogens with one attached hydrogen (secondary N) is 3. The van der Waals surface area contributed by atoms with Crippen LogP contribution in [0.15, 0.2) is 12.2 Å². The molecule has 0 aromatic carbocycles. The minimum absolute atomic E-state index is 0.847. The van der Waals surface area contributed by atoms with E-state index in [0.717, 1.165) is 44.8 Å². The summed E-state index contributed by atoms with van der Waals surface area (Å²) < 4.78 is 0. The monoisotopic (exact) mass is 294 g/mol. The molecule has 0 saturated heterocycles. The lowest BCUT2D eigenvalue weighted by molar-refractivity contribution is 0.318. The summed E-state index contributed by atoms with van der Waals surface area (Å²) in [6.45, 7) is 6.64. The molecule has 122 valence electrons. The van der Waals surface area contributed by atoms with Crippen LogP contribution in [-0.2, 0) is 0 Å². The Morgan fingerprint density at radius 1 is 0.905 bits per heavy atom. The molecule has 4 heteroatoms. The van der Waals surface area contributed by atoms with Gasteiger partial charge in [0.1, 0.15) is 0 Å². The van der Waals surface area contributed by atoms with Crippen LogP contribution in [0, 0.1) is 0 Å². The van der Waals surface area contributed by atoms with Crippen molar-refractivity contribution in [2.75, 3.05) is 46.3 Å². The van der Waals surface area contributed by atoms with Gasteiger partial charge in [0.25, 0.3) is 0 Å². The number of rotatable bonds is 14. The Balaban J connectivity index is 1.25. The summed E-state index contributed by atoms with van der Waals surface area (Å²) in [5.74, 6) is 0. The first-order chi connectivity index (χ1) is 10.4. The fraction of sp³-hybridized carbons (Fsp3) is 0.882. The highest BCUT2D eigenvalue weighted by Gasteiger charge is 2.25. The second kappa shape index (κ2) is 10.3. The van der Waals surface area contributed by atoms with Gasteiger partial charge in [-0.25, -0.2) is 0 Å². The van der Waals surface area contributed by atoms with Crippen LogP contribution in [0.4, 0.5) is 0 Å². The molecule has 0 unspecified atom stereocenters. The van der Waals surface area contributed by atoms with Crippen LogP contribution in [0.5, 0.6) is 0 Å². The first-order valence-corrected chi connectivity index (χ1v) is 8.86. The molecule has 2 saturated carbocycles. The Labute approximate surface area is 130 Å². The van der Waals surface area contributed by atoms with Crippen molar-refractivity contribution in [1.82, 2.24) is 20.9 Å². The smallest absolute Gasteiger partial charge is 0.0135 e. The third-order valence-corrected chi connectivity index (χ3v) is 4.27. The van der Waals surface area contributed by atoms with Crippen LogP contribution in [0.1, 0.15) is 38.5 Å². The predicted molar refractivity (Wildman–Crippen MR) is 90.8 cm³/mol. The Morgan fingerprint density at radius 3 is 2.19 bits per heavy atom. The summed E-state index contributed by atoms with van der Waals surface area (Å²) in [5.41, 5.74) is 0. The van der Waals surface area contributed by atoms with E-state index in [9.17, 15) is 0 Å². The van der Waals surface area contributed by atoms with Gasteiger partial charge in [-0.05, 0) is 71.8 Å². The molecule has 0 radical (unpaired) electrons. The van der Waals surface area contributed by atoms with Gasteiger partial charge in [-0.1, -0.05) is 12.2 Å². The third kappa shape index (κ3) is 9.25. The molecule has 0 atom stereocenters. The van der Waals surface area contributed by atoms with Crippen molar-refractivity contribution >= 4 is 0 Å². The predicted octanol–water partition coefficient (Wildman–Crippen LogP) is 1.35. The zero-order valence-corrected chi connectivity index (χ0v) is 13.7. The third-order valence-electron chi connectivity index (χ3n) is 4.27. The molecule has 21 heavy (non-hydrogen) atoms. The molecule has 0 spiro atoms. The molecule has 0 aromatic rings. The first-order valence-electron chi connectivity index (χ1n) is 8.86. The molecule has 2 aliphatic rings. The fourth-order valence-corrected chi connectivity index (χ4v) is 2.50. The first kappa shape index (κ1) is 16.9. The Morgan fingerprint density at radius 2 is 1.57 bits per heavy atom. The van der Waals surface area contributed by atoms with E-state index in [1.807, 2.05) is 0 Å². The Bertz CT molecular complexity index is 285. The van der Waals surface area contributed by atoms with Gasteiger partial charge in [-0.15, -0.1) is 0 Å². The average molecular weight is 294 g/mol. The van der Waals surface area contributed by atoms with Crippen LogP contribution in [0.2, 0.25) is 0 Å². The second-order valence-corrected chi connectivity index (χ2v) is 6.53. The topological polar surface area (TPSA) is 39.3 Å². The maximum atomic E-state index is 3.53. The fourth-order valence-electron chi connectivity index (χ4n) is 2.50. The van der Waals surface area contributed by atoms with Crippen LogP contribution >= 0.6 is 0 Å². The number of hydrogen-bond donors (Lipinski definition) is 3. The van der Waals surface area contributed by atoms with E-state index in [2.05, 4.69) is 40.0 Å². The molecule has 2 aliphatic carbocycles. The van der Waals surface area contributed by atoms with Crippen molar-refractivity contribution < 1.29 is 0 Å². The highest BCUT2D eigenvalue weighted by Crippen LogP contribution is 2.24. The van der Waals surface area contributed by atoms with E-state index in [-0.39, 0.29) is 0 Å². The molecular weight excluding hydrogens is 260 g/mol. The highest BCUT2D eigenvalue weighted by atomic mass is 15.1. The maximum absolute atomic E-state index is 3.53. The SMILES string of the molecule is CN(CCCNCC=CCNCCCNC1CC1)C1CC1. The van der Waals surface area contributed by atoms with Gasteiger partial charge in [-0.3, -0.25) is 0 Å². The van der Waals surface area contributed by atoms with Crippen molar-refractivity contribution in [2.45, 2.75) is 50.6 Å². The summed E-state index contributed by atoms with van der Waals surface area (Å²) in [7, 11) is 2.25. The van der Waals surface area contributed by atoms with E-state index >= 15 is 0 Å². The summed E-state index contributed by atoms with van der Waals surface area (Å²) in [6, 6.07) is 1.75. The van der Waals surface area contributed by atoms with Gasteiger partial charge >= 0.3 is 0 Å². The van der Waals surface area contributed by atoms with Crippen molar-refractivity contribution in [3.63, 3.8) is 0 Å². The highest BCUT2D eigenvalue weighted by molar-refractivity contribution is 4.86. The molecule has 2 fully saturated rings. The van der Waals surface area contributed by atoms with Crippen molar-refractivity contribution in [1.29, 1.82) is 0 Å². The van der Waals surface area contributed by atoms with Crippen LogP contribution in [0.25, 0.3) is 0 Å². The largest absolute Gasteiger partial charge is 0.314 e. The lowest BCUT2D eigenvalue weighted by Crippen LogP contribution is -2.26. The molecule has 2 rings (SSSR count). The Kier molecular flexibility index (Phi) is 8.33. The van der Waals surface area contributed by atoms with Gasteiger partial charge < -0.3 is 20.9 Å². The Hall–Kier alpha value is -0.420. The minimum Gasteiger partial charge on any atom is -0.314 e. The van der Waals surface area contributed by atoms with Gasteiger partial charge in [0.15, 0.2) is 0 Å². The van der Waals surface area contributed by atoms with E-state index < -0.39 is 0 Å². The maximum Gasteiger partial charge on any atom is 0.0135 e. The molecule has 0 aliphatic heterocycles. The minimum atomic E-state index is 0.847. The van der Waals surface area contributed by atoms with Crippen molar-refractivity contribution in [3.05, 3.63) is 12.2 Å². The molecule has 3 N–H and O–H groups in total. The lowest BCUT2D eigenvalue weighted by atomic mass is 10.3. The van der Waals surface area contributed by atoms with Crippen LogP contribution < -0.4 is 16.0 Å². The lowest BCUT2D eigenvalue weighted by Gasteiger charge is -2.14. The van der Waals surface area contributed by atoms with Gasteiger partial charge in [0.2, 0.25) is 0 Å². The molecule has 0 bridgehead atoms. The zero-order chi connectivity index (χ0) is 14.8. The van der Waals surface area contributed by atoms with E-state index in [0.29, 0.717) is 0 Å². The molecular formula is C17H34N4. The van der Waals surface area contributed by atoms with E-state index in [1.54, 1.807) is 0 Å². The molecule has 0 amide bonds. The zero-order valence-electron chi connectivity index (χ0n) is 13.7. The average Bonchev–Trinajstić information content (AvgIpc) is 3.37. The second-order valence-electron chi connectivity index (χ2n) is 6.53. The molecule has 4 nitrogen and oxygen atoms in total. The summed E-state index contributed by atoms with van der Waals surface area (Å²) in [5, 5.41) is 10.5. The van der Waals surface area contributed by atoms with Gasteiger partial charge in [-0.2, -0.15) is 0 Å². The van der Waals surface area contributed by atoms with Crippen molar-refractivity contribution in [2.24, 2.45) is 0 Å². The molecule has 0 heterocycles. The van der Waals surface area contributed by atoms with Crippen LogP contribution in [-0.4, -0.2) is 63.3 Å². The van der Waals surface area contributed by atoms with E-state index in [1.165, 1.54) is 45.1 Å². The molecule has 0 aromatic heterocycles. The van der Waals surface area contributed by atoms with Gasteiger partial charge in [0.05, 0.1) is 0 Å².